The summed E-state index contributed by atoms with van der Waals surface area (Å²) in [4.78, 5) is 23.9. The summed E-state index contributed by atoms with van der Waals surface area (Å²) in [7, 11) is -3.65. The Morgan fingerprint density at radius 2 is 1.45 bits per heavy atom. The highest BCUT2D eigenvalue weighted by atomic mass is 32.2. The van der Waals surface area contributed by atoms with Crippen LogP contribution in [0.3, 0.4) is 0 Å². The number of hydrogen-bond acceptors (Lipinski definition) is 5. The van der Waals surface area contributed by atoms with Crippen molar-refractivity contribution in [1.82, 2.24) is 4.31 Å². The predicted molar refractivity (Wildman–Crippen MR) is 110 cm³/mol. The fraction of sp³-hybridized carbons (Fsp3) is 0.333. The number of Topliss-reactive ketones (excluding diaryl/α,β-unsaturated/α-hetero) is 1. The highest BCUT2D eigenvalue weighted by molar-refractivity contribution is 7.89. The zero-order chi connectivity index (χ0) is 21.2. The second-order valence-corrected chi connectivity index (χ2v) is 9.13. The predicted octanol–water partition coefficient (Wildman–Crippen LogP) is 2.94. The largest absolute Gasteiger partial charge is 0.373 e. The van der Waals surface area contributed by atoms with Crippen LogP contribution in [0, 0.1) is 0 Å². The van der Waals surface area contributed by atoms with E-state index in [4.69, 9.17) is 4.74 Å². The molecule has 1 amide bonds. The lowest BCUT2D eigenvalue weighted by atomic mass is 10.1. The first-order chi connectivity index (χ1) is 13.7. The summed E-state index contributed by atoms with van der Waals surface area (Å²) in [6, 6.07) is 12.4. The molecule has 2 aromatic carbocycles. The second kappa shape index (κ2) is 8.44. The molecule has 0 bridgehead atoms. The Morgan fingerprint density at radius 3 is 1.97 bits per heavy atom. The van der Waals surface area contributed by atoms with Crippen molar-refractivity contribution in [2.75, 3.05) is 18.4 Å². The molecule has 1 N–H and O–H groups in total. The van der Waals surface area contributed by atoms with E-state index in [-0.39, 0.29) is 28.8 Å². The third-order valence-electron chi connectivity index (χ3n) is 4.69. The first kappa shape index (κ1) is 21.2. The first-order valence-electron chi connectivity index (χ1n) is 9.35. The fourth-order valence-electron chi connectivity index (χ4n) is 3.25. The molecule has 154 valence electrons. The molecule has 1 fully saturated rings. The Hall–Kier alpha value is -2.55. The number of benzene rings is 2. The van der Waals surface area contributed by atoms with E-state index in [0.717, 1.165) is 0 Å². The monoisotopic (exact) mass is 416 g/mol. The van der Waals surface area contributed by atoms with E-state index in [9.17, 15) is 18.0 Å². The molecule has 29 heavy (non-hydrogen) atoms. The lowest BCUT2D eigenvalue weighted by molar-refractivity contribution is -0.0440. The van der Waals surface area contributed by atoms with Gasteiger partial charge in [-0.15, -0.1) is 0 Å². The smallest absolute Gasteiger partial charge is 0.255 e. The lowest BCUT2D eigenvalue weighted by Crippen LogP contribution is -2.48. The van der Waals surface area contributed by atoms with Crippen LogP contribution in [-0.2, 0) is 14.8 Å². The summed E-state index contributed by atoms with van der Waals surface area (Å²) < 4.78 is 32.8. The maximum atomic E-state index is 12.9. The number of ketones is 1. The Bertz CT molecular complexity index is 990. The minimum Gasteiger partial charge on any atom is -0.373 e. The molecule has 1 aliphatic heterocycles. The van der Waals surface area contributed by atoms with Crippen LogP contribution in [0.4, 0.5) is 5.69 Å². The Morgan fingerprint density at radius 1 is 0.931 bits per heavy atom. The van der Waals surface area contributed by atoms with Gasteiger partial charge in [-0.3, -0.25) is 9.59 Å². The highest BCUT2D eigenvalue weighted by Gasteiger charge is 2.32. The average molecular weight is 416 g/mol. The van der Waals surface area contributed by atoms with Gasteiger partial charge in [0.15, 0.2) is 5.78 Å². The molecule has 0 aromatic heterocycles. The van der Waals surface area contributed by atoms with Gasteiger partial charge in [-0.1, -0.05) is 0 Å². The van der Waals surface area contributed by atoms with Crippen LogP contribution in [-0.4, -0.2) is 49.7 Å². The van der Waals surface area contributed by atoms with Crippen LogP contribution in [0.1, 0.15) is 41.5 Å². The molecular weight excluding hydrogens is 392 g/mol. The van der Waals surface area contributed by atoms with Crippen molar-refractivity contribution in [1.29, 1.82) is 0 Å². The lowest BCUT2D eigenvalue weighted by Gasteiger charge is -2.34. The summed E-state index contributed by atoms with van der Waals surface area (Å²) >= 11 is 0. The highest BCUT2D eigenvalue weighted by Crippen LogP contribution is 2.22. The van der Waals surface area contributed by atoms with Crippen molar-refractivity contribution in [2.24, 2.45) is 0 Å². The van der Waals surface area contributed by atoms with Gasteiger partial charge in [0.05, 0.1) is 17.1 Å². The molecule has 2 aromatic rings. The molecule has 2 unspecified atom stereocenters. The van der Waals surface area contributed by atoms with Gasteiger partial charge in [0, 0.05) is 29.9 Å². The molecule has 0 aliphatic carbocycles. The molecule has 3 rings (SSSR count). The van der Waals surface area contributed by atoms with Crippen molar-refractivity contribution in [2.45, 2.75) is 37.9 Å². The molecule has 0 spiro atoms. The van der Waals surface area contributed by atoms with Crippen LogP contribution in [0.2, 0.25) is 0 Å². The number of amides is 1. The van der Waals surface area contributed by atoms with Gasteiger partial charge in [-0.05, 0) is 69.3 Å². The van der Waals surface area contributed by atoms with E-state index in [2.05, 4.69) is 5.32 Å². The van der Waals surface area contributed by atoms with Gasteiger partial charge in [0.1, 0.15) is 0 Å². The summed E-state index contributed by atoms with van der Waals surface area (Å²) in [5.41, 5.74) is 1.45. The van der Waals surface area contributed by atoms with E-state index in [1.54, 1.807) is 24.3 Å². The maximum Gasteiger partial charge on any atom is 0.255 e. The standard InChI is InChI=1S/C21H24N2O5S/c1-14-12-23(13-15(2)28-14)29(26,27)20-10-6-18(7-11-20)21(25)22-19-8-4-17(5-9-19)16(3)24/h4-11,14-15H,12-13H2,1-3H3,(H,22,25). The van der Waals surface area contributed by atoms with Crippen molar-refractivity contribution in [3.63, 3.8) is 0 Å². The minimum atomic E-state index is -3.65. The van der Waals surface area contributed by atoms with Crippen molar-refractivity contribution >= 4 is 27.4 Å². The molecule has 1 heterocycles. The van der Waals surface area contributed by atoms with E-state index < -0.39 is 10.0 Å². The van der Waals surface area contributed by atoms with E-state index in [1.165, 1.54) is 35.5 Å². The van der Waals surface area contributed by atoms with E-state index in [0.29, 0.717) is 29.9 Å². The Kier molecular flexibility index (Phi) is 6.16. The van der Waals surface area contributed by atoms with Gasteiger partial charge in [0.25, 0.3) is 5.91 Å². The number of morpholine rings is 1. The number of nitrogens with zero attached hydrogens (tertiary/aromatic N) is 1. The van der Waals surface area contributed by atoms with Gasteiger partial charge in [0.2, 0.25) is 10.0 Å². The van der Waals surface area contributed by atoms with Crippen molar-refractivity contribution in [3.05, 3.63) is 59.7 Å². The third-order valence-corrected chi connectivity index (χ3v) is 6.54. The molecule has 7 nitrogen and oxygen atoms in total. The number of nitrogens with one attached hydrogen (secondary N) is 1. The molecule has 8 heteroatoms. The van der Waals surface area contributed by atoms with Crippen LogP contribution < -0.4 is 5.32 Å². The van der Waals surface area contributed by atoms with Gasteiger partial charge in [-0.2, -0.15) is 4.31 Å². The van der Waals surface area contributed by atoms with Gasteiger partial charge in [-0.25, -0.2) is 8.42 Å². The number of carbonyl (C=O) groups is 2. The SMILES string of the molecule is CC(=O)c1ccc(NC(=O)c2ccc(S(=O)(=O)N3CC(C)OC(C)C3)cc2)cc1. The zero-order valence-corrected chi connectivity index (χ0v) is 17.4. The minimum absolute atomic E-state index is 0.0521. The number of rotatable bonds is 5. The number of ether oxygens (including phenoxy) is 1. The summed E-state index contributed by atoms with van der Waals surface area (Å²) in [6.45, 7) is 5.75. The molecule has 0 saturated carbocycles. The average Bonchev–Trinajstić information content (AvgIpc) is 2.67. The van der Waals surface area contributed by atoms with Crippen molar-refractivity contribution in [3.8, 4) is 0 Å². The zero-order valence-electron chi connectivity index (χ0n) is 16.6. The Balaban J connectivity index is 1.72. The van der Waals surface area contributed by atoms with Crippen LogP contribution in [0.25, 0.3) is 0 Å². The van der Waals surface area contributed by atoms with Crippen LogP contribution in [0.5, 0.6) is 0 Å². The molecule has 1 aliphatic rings. The summed E-state index contributed by atoms with van der Waals surface area (Å²) in [6.07, 6.45) is -0.346. The quantitative estimate of drug-likeness (QED) is 0.757. The topological polar surface area (TPSA) is 92.8 Å². The normalized spacial score (nSPS) is 20.2. The summed E-state index contributed by atoms with van der Waals surface area (Å²) in [5, 5.41) is 2.73. The van der Waals surface area contributed by atoms with Crippen LogP contribution >= 0.6 is 0 Å². The van der Waals surface area contributed by atoms with Crippen LogP contribution in [0.15, 0.2) is 53.4 Å². The number of carbonyl (C=O) groups excluding carboxylic acids is 2. The van der Waals surface area contributed by atoms with Gasteiger partial charge >= 0.3 is 0 Å². The summed E-state index contributed by atoms with van der Waals surface area (Å²) in [5.74, 6) is -0.415. The number of anilines is 1. The molecule has 1 saturated heterocycles. The number of sulfonamides is 1. The maximum absolute atomic E-state index is 12.9. The van der Waals surface area contributed by atoms with Gasteiger partial charge < -0.3 is 10.1 Å². The first-order valence-corrected chi connectivity index (χ1v) is 10.8. The molecular formula is C21H24N2O5S. The third kappa shape index (κ3) is 4.90. The van der Waals surface area contributed by atoms with E-state index >= 15 is 0 Å². The van der Waals surface area contributed by atoms with E-state index in [1.807, 2.05) is 13.8 Å². The van der Waals surface area contributed by atoms with Crippen molar-refractivity contribution < 1.29 is 22.7 Å². The molecule has 2 atom stereocenters. The fourth-order valence-corrected chi connectivity index (χ4v) is 4.84. The Labute approximate surface area is 170 Å². The number of hydrogen-bond donors (Lipinski definition) is 1. The second-order valence-electron chi connectivity index (χ2n) is 7.19. The molecule has 0 radical (unpaired) electrons.